The smallest absolute Gasteiger partial charge is 0.257 e. The molecule has 0 spiro atoms. The molecule has 2 rings (SSSR count). The van der Waals surface area contributed by atoms with E-state index in [1.165, 1.54) is 18.9 Å². The van der Waals surface area contributed by atoms with Gasteiger partial charge in [-0.05, 0) is 24.7 Å². The second-order valence-electron chi connectivity index (χ2n) is 4.73. The topological polar surface area (TPSA) is 74.8 Å². The van der Waals surface area contributed by atoms with Gasteiger partial charge >= 0.3 is 0 Å². The van der Waals surface area contributed by atoms with E-state index >= 15 is 0 Å². The van der Waals surface area contributed by atoms with Gasteiger partial charge in [0.15, 0.2) is 5.03 Å². The highest BCUT2D eigenvalue weighted by molar-refractivity contribution is 7.89. The Hall–Kier alpha value is -0.590. The van der Waals surface area contributed by atoms with Crippen LogP contribution >= 0.6 is 11.6 Å². The molecule has 1 saturated carbocycles. The van der Waals surface area contributed by atoms with E-state index in [9.17, 15) is 8.42 Å². The normalized spacial score (nSPS) is 25.2. The molecular formula is C11H18ClN3O2S. The number of nitrogens with one attached hydrogen (secondary N) is 2. The lowest BCUT2D eigenvalue weighted by Gasteiger charge is -2.30. The van der Waals surface area contributed by atoms with Gasteiger partial charge in [0, 0.05) is 12.4 Å². The summed E-state index contributed by atoms with van der Waals surface area (Å²) >= 11 is 5.93. The minimum atomic E-state index is -3.46. The summed E-state index contributed by atoms with van der Waals surface area (Å²) in [6.07, 6.45) is 7.16. The lowest BCUT2D eigenvalue weighted by Crippen LogP contribution is -2.35. The molecule has 18 heavy (non-hydrogen) atoms. The summed E-state index contributed by atoms with van der Waals surface area (Å²) < 4.78 is 26.5. The van der Waals surface area contributed by atoms with Crippen LogP contribution in [0.1, 0.15) is 25.7 Å². The molecule has 0 bridgehead atoms. The number of halogens is 1. The lowest BCUT2D eigenvalue weighted by molar-refractivity contribution is 0.260. The maximum Gasteiger partial charge on any atom is 0.257 e. The highest BCUT2D eigenvalue weighted by atomic mass is 35.5. The molecule has 1 aromatic heterocycles. The van der Waals surface area contributed by atoms with Crippen molar-refractivity contribution in [2.75, 3.05) is 12.4 Å². The molecule has 1 aliphatic carbocycles. The van der Waals surface area contributed by atoms with Crippen molar-refractivity contribution in [1.29, 1.82) is 0 Å². The maximum absolute atomic E-state index is 11.9. The molecule has 0 aliphatic heterocycles. The Balaban J connectivity index is 1.94. The fourth-order valence-corrected chi connectivity index (χ4v) is 3.84. The van der Waals surface area contributed by atoms with Crippen molar-refractivity contribution >= 4 is 21.6 Å². The number of aromatic nitrogens is 2. The van der Waals surface area contributed by atoms with Gasteiger partial charge in [0.1, 0.15) is 0 Å². The van der Waals surface area contributed by atoms with Crippen molar-refractivity contribution in [2.24, 2.45) is 11.8 Å². The van der Waals surface area contributed by atoms with Gasteiger partial charge in [-0.3, -0.25) is 0 Å². The van der Waals surface area contributed by atoms with Gasteiger partial charge in [-0.1, -0.05) is 12.8 Å². The number of imidazole rings is 1. The molecule has 0 saturated heterocycles. The molecule has 102 valence electrons. The summed E-state index contributed by atoms with van der Waals surface area (Å²) in [5.41, 5.74) is 0. The van der Waals surface area contributed by atoms with E-state index in [1.807, 2.05) is 0 Å². The quantitative estimate of drug-likeness (QED) is 0.811. The summed E-state index contributed by atoms with van der Waals surface area (Å²) in [6.45, 7) is 0.457. The second kappa shape index (κ2) is 6.04. The van der Waals surface area contributed by atoms with Crippen molar-refractivity contribution in [3.63, 3.8) is 0 Å². The predicted octanol–water partition coefficient (Wildman–Crippen LogP) is 1.73. The van der Waals surface area contributed by atoms with Crippen molar-refractivity contribution in [1.82, 2.24) is 14.7 Å². The summed E-state index contributed by atoms with van der Waals surface area (Å²) in [5.74, 6) is 1.37. The summed E-state index contributed by atoms with van der Waals surface area (Å²) in [4.78, 5) is 6.32. The molecule has 2 atom stereocenters. The zero-order valence-electron chi connectivity index (χ0n) is 10.1. The maximum atomic E-state index is 11.9. The lowest BCUT2D eigenvalue weighted by atomic mass is 9.80. The molecule has 1 heterocycles. The molecule has 1 aromatic rings. The van der Waals surface area contributed by atoms with Gasteiger partial charge in [-0.2, -0.15) is 0 Å². The molecule has 5 nitrogen and oxygen atoms in total. The molecule has 2 N–H and O–H groups in total. The molecule has 0 amide bonds. The number of H-pyrrole nitrogens is 1. The van der Waals surface area contributed by atoms with E-state index in [2.05, 4.69) is 14.7 Å². The van der Waals surface area contributed by atoms with Crippen LogP contribution in [-0.4, -0.2) is 30.8 Å². The number of aromatic amines is 1. The third kappa shape index (κ3) is 3.24. The Kier molecular flexibility index (Phi) is 4.64. The van der Waals surface area contributed by atoms with Crippen molar-refractivity contribution < 1.29 is 8.42 Å². The van der Waals surface area contributed by atoms with E-state index in [0.29, 0.717) is 24.3 Å². The van der Waals surface area contributed by atoms with E-state index in [0.717, 1.165) is 19.3 Å². The summed E-state index contributed by atoms with van der Waals surface area (Å²) in [7, 11) is -3.46. The Bertz CT molecular complexity index is 461. The average molecular weight is 292 g/mol. The zero-order valence-corrected chi connectivity index (χ0v) is 11.7. The van der Waals surface area contributed by atoms with Gasteiger partial charge in [-0.25, -0.2) is 18.1 Å². The molecule has 1 aliphatic rings. The molecule has 0 aromatic carbocycles. The average Bonchev–Trinajstić information content (AvgIpc) is 2.91. The summed E-state index contributed by atoms with van der Waals surface area (Å²) in [5, 5.41) is 0.112. The Morgan fingerprint density at radius 2 is 2.11 bits per heavy atom. The first-order valence-electron chi connectivity index (χ1n) is 6.17. The van der Waals surface area contributed by atoms with E-state index in [-0.39, 0.29) is 5.03 Å². The van der Waals surface area contributed by atoms with Crippen LogP contribution in [-0.2, 0) is 10.0 Å². The van der Waals surface area contributed by atoms with E-state index < -0.39 is 10.0 Å². The predicted molar refractivity (Wildman–Crippen MR) is 69.9 cm³/mol. The Labute approximate surface area is 112 Å². The highest BCUT2D eigenvalue weighted by Crippen LogP contribution is 2.30. The minimum Gasteiger partial charge on any atom is -0.335 e. The molecule has 2 unspecified atom stereocenters. The highest BCUT2D eigenvalue weighted by Gasteiger charge is 2.26. The van der Waals surface area contributed by atoms with Crippen molar-refractivity contribution in [2.45, 2.75) is 30.7 Å². The molecular weight excluding hydrogens is 274 g/mol. The fraction of sp³-hybridized carbons (Fsp3) is 0.727. The Morgan fingerprint density at radius 3 is 2.72 bits per heavy atom. The van der Waals surface area contributed by atoms with Gasteiger partial charge in [0.25, 0.3) is 10.0 Å². The number of alkyl halides is 1. The van der Waals surface area contributed by atoms with Gasteiger partial charge in [0.05, 0.1) is 12.5 Å². The molecule has 7 heteroatoms. The first-order chi connectivity index (χ1) is 8.63. The van der Waals surface area contributed by atoms with Gasteiger partial charge < -0.3 is 4.98 Å². The van der Waals surface area contributed by atoms with Crippen LogP contribution in [0.25, 0.3) is 0 Å². The first-order valence-corrected chi connectivity index (χ1v) is 8.19. The largest absolute Gasteiger partial charge is 0.335 e. The van der Waals surface area contributed by atoms with Crippen molar-refractivity contribution in [3.8, 4) is 0 Å². The van der Waals surface area contributed by atoms with Gasteiger partial charge in [0.2, 0.25) is 0 Å². The fourth-order valence-electron chi connectivity index (χ4n) is 2.44. The van der Waals surface area contributed by atoms with Crippen LogP contribution in [0.5, 0.6) is 0 Å². The number of nitrogens with zero attached hydrogens (tertiary/aromatic N) is 1. The van der Waals surface area contributed by atoms with Crippen LogP contribution in [0.3, 0.4) is 0 Å². The van der Waals surface area contributed by atoms with E-state index in [1.54, 1.807) is 0 Å². The van der Waals surface area contributed by atoms with Crippen LogP contribution in [0.4, 0.5) is 0 Å². The summed E-state index contributed by atoms with van der Waals surface area (Å²) in [6, 6.07) is 0. The first kappa shape index (κ1) is 13.8. The second-order valence-corrected chi connectivity index (χ2v) is 6.77. The Morgan fingerprint density at radius 1 is 1.39 bits per heavy atom. The minimum absolute atomic E-state index is 0.112. The molecule has 1 fully saturated rings. The van der Waals surface area contributed by atoms with Crippen molar-refractivity contribution in [3.05, 3.63) is 12.5 Å². The van der Waals surface area contributed by atoms with Crippen LogP contribution < -0.4 is 4.72 Å². The number of hydrogen-bond donors (Lipinski definition) is 2. The third-order valence-electron chi connectivity index (χ3n) is 3.56. The van der Waals surface area contributed by atoms with Crippen LogP contribution in [0.2, 0.25) is 0 Å². The third-order valence-corrected chi connectivity index (χ3v) is 5.31. The monoisotopic (exact) mass is 291 g/mol. The SMILES string of the molecule is O=S(=O)(NCC1CCCCC1CCl)c1cnc[nH]1. The zero-order chi connectivity index (χ0) is 13.0. The standard InChI is InChI=1S/C11H18ClN3O2S/c12-5-9-3-1-2-4-10(9)6-15-18(16,17)11-7-13-8-14-11/h7-10,15H,1-6H2,(H,13,14). The number of rotatable bonds is 5. The number of hydrogen-bond acceptors (Lipinski definition) is 3. The molecule has 0 radical (unpaired) electrons. The number of sulfonamides is 1. The van der Waals surface area contributed by atoms with E-state index in [4.69, 9.17) is 11.6 Å². The van der Waals surface area contributed by atoms with Gasteiger partial charge in [-0.15, -0.1) is 11.6 Å². The van der Waals surface area contributed by atoms with Crippen LogP contribution in [0.15, 0.2) is 17.6 Å². The van der Waals surface area contributed by atoms with Crippen LogP contribution in [0, 0.1) is 11.8 Å².